The number of methoxy groups -OCH3 is 1. The molecule has 0 radical (unpaired) electrons. The van der Waals surface area contributed by atoms with Gasteiger partial charge in [0.2, 0.25) is 15.9 Å². The van der Waals surface area contributed by atoms with Crippen LogP contribution in [0.15, 0.2) is 42.5 Å². The van der Waals surface area contributed by atoms with Crippen LogP contribution >= 0.6 is 11.6 Å². The number of halogens is 1. The highest BCUT2D eigenvalue weighted by Gasteiger charge is 2.20. The van der Waals surface area contributed by atoms with E-state index in [1.165, 1.54) is 4.31 Å². The van der Waals surface area contributed by atoms with E-state index in [2.05, 4.69) is 5.32 Å². The zero-order valence-corrected chi connectivity index (χ0v) is 18.9. The highest BCUT2D eigenvalue weighted by molar-refractivity contribution is 7.92. The van der Waals surface area contributed by atoms with Crippen LogP contribution in [0, 0.1) is 6.92 Å². The van der Waals surface area contributed by atoms with Gasteiger partial charge in [-0.3, -0.25) is 9.10 Å². The van der Waals surface area contributed by atoms with E-state index >= 15 is 0 Å². The Kier molecular flexibility index (Phi) is 8.80. The first-order chi connectivity index (χ1) is 14.2. The quantitative estimate of drug-likeness (QED) is 0.526. The first-order valence-electron chi connectivity index (χ1n) is 9.48. The van der Waals surface area contributed by atoms with Crippen LogP contribution in [0.2, 0.25) is 5.02 Å². The van der Waals surface area contributed by atoms with Gasteiger partial charge in [0.1, 0.15) is 18.1 Å². The molecule has 30 heavy (non-hydrogen) atoms. The predicted molar refractivity (Wildman–Crippen MR) is 119 cm³/mol. The molecule has 0 atom stereocenters. The number of amides is 1. The van der Waals surface area contributed by atoms with Crippen LogP contribution in [0.3, 0.4) is 0 Å². The van der Waals surface area contributed by atoms with Crippen molar-refractivity contribution in [1.29, 1.82) is 0 Å². The normalized spacial score (nSPS) is 11.1. The number of benzene rings is 2. The summed E-state index contributed by atoms with van der Waals surface area (Å²) in [7, 11) is -1.90. The van der Waals surface area contributed by atoms with E-state index in [9.17, 15) is 13.2 Å². The summed E-state index contributed by atoms with van der Waals surface area (Å²) >= 11 is 6.12. The molecule has 9 heteroatoms. The number of nitrogens with zero attached hydrogens (tertiary/aromatic N) is 1. The molecule has 0 aliphatic heterocycles. The number of sulfonamides is 1. The lowest BCUT2D eigenvalue weighted by molar-refractivity contribution is -0.121. The van der Waals surface area contributed by atoms with Crippen molar-refractivity contribution in [3.63, 3.8) is 0 Å². The zero-order chi connectivity index (χ0) is 22.1. The van der Waals surface area contributed by atoms with Crippen molar-refractivity contribution >= 4 is 33.2 Å². The van der Waals surface area contributed by atoms with Crippen molar-refractivity contribution in [3.05, 3.63) is 53.1 Å². The second-order valence-corrected chi connectivity index (χ2v) is 9.01. The Hall–Kier alpha value is -2.45. The first kappa shape index (κ1) is 23.8. The summed E-state index contributed by atoms with van der Waals surface area (Å²) in [6, 6.07) is 12.3. The van der Waals surface area contributed by atoms with Gasteiger partial charge in [0.25, 0.3) is 0 Å². The fourth-order valence-electron chi connectivity index (χ4n) is 2.83. The number of ether oxygens (including phenoxy) is 2. The molecule has 2 aromatic carbocycles. The van der Waals surface area contributed by atoms with Gasteiger partial charge in [-0.2, -0.15) is 0 Å². The van der Waals surface area contributed by atoms with E-state index in [-0.39, 0.29) is 18.9 Å². The highest BCUT2D eigenvalue weighted by Crippen LogP contribution is 2.28. The summed E-state index contributed by atoms with van der Waals surface area (Å²) in [5.41, 5.74) is 1.21. The van der Waals surface area contributed by atoms with Crippen LogP contribution in [0.25, 0.3) is 0 Å². The maximum Gasteiger partial charge on any atom is 0.232 e. The third-order valence-corrected chi connectivity index (χ3v) is 6.01. The van der Waals surface area contributed by atoms with Crippen LogP contribution in [-0.2, 0) is 14.8 Å². The fraction of sp³-hybridized carbons (Fsp3) is 0.381. The van der Waals surface area contributed by atoms with Gasteiger partial charge < -0.3 is 14.8 Å². The molecule has 1 amide bonds. The number of hydrogen-bond acceptors (Lipinski definition) is 5. The minimum absolute atomic E-state index is 0.162. The van der Waals surface area contributed by atoms with Crippen molar-refractivity contribution in [3.8, 4) is 11.5 Å². The minimum atomic E-state index is -3.50. The molecule has 2 rings (SSSR count). The summed E-state index contributed by atoms with van der Waals surface area (Å²) in [6.07, 6.45) is 1.72. The summed E-state index contributed by atoms with van der Waals surface area (Å²) in [5.74, 6) is 1.27. The molecule has 1 N–H and O–H groups in total. The van der Waals surface area contributed by atoms with Gasteiger partial charge in [0.05, 0.1) is 25.6 Å². The lowest BCUT2D eigenvalue weighted by Crippen LogP contribution is -2.33. The van der Waals surface area contributed by atoms with E-state index < -0.39 is 10.0 Å². The van der Waals surface area contributed by atoms with Crippen molar-refractivity contribution < 1.29 is 22.7 Å². The summed E-state index contributed by atoms with van der Waals surface area (Å²) in [6.45, 7) is 2.64. The average molecular weight is 455 g/mol. The first-order valence-corrected chi connectivity index (χ1v) is 11.7. The molecule has 164 valence electrons. The Labute approximate surface area is 183 Å². The summed E-state index contributed by atoms with van der Waals surface area (Å²) in [4.78, 5) is 12.1. The Morgan fingerprint density at radius 1 is 1.13 bits per heavy atom. The number of carbonyl (C=O) groups excluding carboxylic acids is 1. The molecule has 0 saturated carbocycles. The topological polar surface area (TPSA) is 84.9 Å². The van der Waals surface area contributed by atoms with E-state index in [1.807, 2.05) is 0 Å². The molecule has 0 unspecified atom stereocenters. The number of hydrogen-bond donors (Lipinski definition) is 1. The van der Waals surface area contributed by atoms with Crippen molar-refractivity contribution in [2.45, 2.75) is 19.8 Å². The summed E-state index contributed by atoms with van der Waals surface area (Å²) in [5, 5.41) is 3.27. The van der Waals surface area contributed by atoms with Gasteiger partial charge in [-0.15, -0.1) is 0 Å². The molecule has 0 aliphatic carbocycles. The molecule has 0 aliphatic rings. The Balaban J connectivity index is 1.78. The van der Waals surface area contributed by atoms with Crippen molar-refractivity contribution in [2.24, 2.45) is 0 Å². The molecular weight excluding hydrogens is 428 g/mol. The lowest BCUT2D eigenvalue weighted by atomic mass is 10.2. The maximum atomic E-state index is 12.2. The number of nitrogens with one attached hydrogen (secondary N) is 1. The second kappa shape index (κ2) is 11.1. The second-order valence-electron chi connectivity index (χ2n) is 6.70. The Morgan fingerprint density at radius 2 is 1.80 bits per heavy atom. The molecule has 2 aromatic rings. The monoisotopic (exact) mass is 454 g/mol. The van der Waals surface area contributed by atoms with Gasteiger partial charge in [-0.05, 0) is 55.3 Å². The molecule has 0 saturated heterocycles. The smallest absolute Gasteiger partial charge is 0.232 e. The SMILES string of the molecule is COc1ccc(OCCNC(=O)CCCN(c2cccc(Cl)c2C)S(C)(=O)=O)cc1. The zero-order valence-electron chi connectivity index (χ0n) is 17.4. The largest absolute Gasteiger partial charge is 0.497 e. The van der Waals surface area contributed by atoms with Crippen LogP contribution in [0.1, 0.15) is 18.4 Å². The third-order valence-electron chi connectivity index (χ3n) is 4.43. The molecule has 7 nitrogen and oxygen atoms in total. The Morgan fingerprint density at radius 3 is 2.43 bits per heavy atom. The standard InChI is InChI=1S/C21H27ClN2O5S/c1-16-19(22)6-4-7-20(16)24(30(3,26)27)14-5-8-21(25)23-13-15-29-18-11-9-17(28-2)10-12-18/h4,6-7,9-12H,5,8,13-15H2,1-3H3,(H,23,25). The van der Waals surface area contributed by atoms with Gasteiger partial charge >= 0.3 is 0 Å². The molecule has 0 heterocycles. The highest BCUT2D eigenvalue weighted by atomic mass is 35.5. The van der Waals surface area contributed by atoms with Crippen molar-refractivity contribution in [2.75, 3.05) is 37.4 Å². The molecule has 0 aromatic heterocycles. The van der Waals surface area contributed by atoms with E-state index in [0.717, 1.165) is 12.0 Å². The van der Waals surface area contributed by atoms with Crippen LogP contribution in [0.5, 0.6) is 11.5 Å². The van der Waals surface area contributed by atoms with Gasteiger partial charge in [-0.1, -0.05) is 17.7 Å². The van der Waals surface area contributed by atoms with E-state index in [0.29, 0.717) is 41.6 Å². The lowest BCUT2D eigenvalue weighted by Gasteiger charge is -2.24. The van der Waals surface area contributed by atoms with Crippen molar-refractivity contribution in [1.82, 2.24) is 5.32 Å². The van der Waals surface area contributed by atoms with Gasteiger partial charge in [0.15, 0.2) is 0 Å². The van der Waals surface area contributed by atoms with E-state index in [4.69, 9.17) is 21.1 Å². The van der Waals surface area contributed by atoms with E-state index in [1.54, 1.807) is 56.5 Å². The van der Waals surface area contributed by atoms with Crippen LogP contribution in [-0.4, -0.2) is 47.4 Å². The maximum absolute atomic E-state index is 12.2. The molecule has 0 fully saturated rings. The molecule has 0 spiro atoms. The number of carbonyl (C=O) groups is 1. The number of rotatable bonds is 11. The van der Waals surface area contributed by atoms with Crippen LogP contribution < -0.4 is 19.1 Å². The number of anilines is 1. The van der Waals surface area contributed by atoms with Gasteiger partial charge in [0, 0.05) is 18.0 Å². The minimum Gasteiger partial charge on any atom is -0.497 e. The van der Waals surface area contributed by atoms with Crippen LogP contribution in [0.4, 0.5) is 5.69 Å². The van der Waals surface area contributed by atoms with Gasteiger partial charge in [-0.25, -0.2) is 8.42 Å². The average Bonchev–Trinajstić information content (AvgIpc) is 2.70. The molecular formula is C21H27ClN2O5S. The summed E-state index contributed by atoms with van der Waals surface area (Å²) < 4.78 is 36.4. The Bertz CT molecular complexity index is 948. The fourth-order valence-corrected chi connectivity index (χ4v) is 4.02. The molecule has 0 bridgehead atoms. The predicted octanol–water partition coefficient (Wildman–Crippen LogP) is 3.40. The third kappa shape index (κ3) is 7.11.